The van der Waals surface area contributed by atoms with Crippen LogP contribution in [0.5, 0.6) is 5.75 Å². The van der Waals surface area contributed by atoms with Crippen LogP contribution in [0.2, 0.25) is 10.0 Å². The number of aromatic nitrogens is 3. The third-order valence-corrected chi connectivity index (χ3v) is 8.24. The number of fused-ring (bicyclic) bond motifs is 1. The van der Waals surface area contributed by atoms with Crippen molar-refractivity contribution in [2.45, 2.75) is 37.9 Å². The summed E-state index contributed by atoms with van der Waals surface area (Å²) in [5, 5.41) is 13.2. The van der Waals surface area contributed by atoms with Gasteiger partial charge in [0.1, 0.15) is 17.4 Å². The molecule has 0 spiro atoms. The Morgan fingerprint density at radius 3 is 2.88 bits per heavy atom. The average Bonchev–Trinajstić information content (AvgIpc) is 3.30. The fraction of sp³-hybridized carbons (Fsp3) is 0.364. The number of thioether (sulfide) groups is 1. The highest BCUT2D eigenvalue weighted by Crippen LogP contribution is 2.39. The first-order valence-electron chi connectivity index (χ1n) is 10.6. The number of rotatable bonds is 8. The predicted octanol–water partition coefficient (Wildman–Crippen LogP) is 4.72. The maximum Gasteiger partial charge on any atom is 0.251 e. The van der Waals surface area contributed by atoms with Gasteiger partial charge in [-0.3, -0.25) is 9.59 Å². The lowest BCUT2D eigenvalue weighted by molar-refractivity contribution is -0.113. The van der Waals surface area contributed by atoms with Gasteiger partial charge in [0, 0.05) is 16.9 Å². The number of hydrogen-bond donors (Lipinski definition) is 2. The molecule has 34 heavy (non-hydrogen) atoms. The van der Waals surface area contributed by atoms with Gasteiger partial charge in [-0.05, 0) is 48.9 Å². The third-order valence-electron chi connectivity index (χ3n) is 5.52. The minimum absolute atomic E-state index is 0.104. The van der Waals surface area contributed by atoms with E-state index in [4.69, 9.17) is 33.7 Å². The number of primary amides is 1. The molecule has 0 saturated heterocycles. The van der Waals surface area contributed by atoms with Gasteiger partial charge >= 0.3 is 0 Å². The molecule has 3 aromatic rings. The van der Waals surface area contributed by atoms with Crippen LogP contribution in [0.25, 0.3) is 0 Å². The van der Waals surface area contributed by atoms with Gasteiger partial charge in [0.15, 0.2) is 11.0 Å². The van der Waals surface area contributed by atoms with Crippen molar-refractivity contribution in [1.29, 1.82) is 0 Å². The van der Waals surface area contributed by atoms with Crippen molar-refractivity contribution >= 4 is 63.1 Å². The Hall–Kier alpha value is -2.27. The SMILES string of the molecule is CC1CCc2c(sc(NC(=O)CSc3nnc(COc4ccc(Cl)cc4Cl)n3C)c2C(N)=O)C1. The summed E-state index contributed by atoms with van der Waals surface area (Å²) in [7, 11) is 1.79. The fourth-order valence-corrected chi connectivity index (χ4v) is 6.35. The lowest BCUT2D eigenvalue weighted by atomic mass is 9.88. The van der Waals surface area contributed by atoms with Gasteiger partial charge in [0.05, 0.1) is 16.3 Å². The highest BCUT2D eigenvalue weighted by molar-refractivity contribution is 7.99. The maximum absolute atomic E-state index is 12.6. The van der Waals surface area contributed by atoms with E-state index in [0.29, 0.717) is 43.3 Å². The zero-order chi connectivity index (χ0) is 24.4. The van der Waals surface area contributed by atoms with Gasteiger partial charge < -0.3 is 20.4 Å². The molecule has 1 atom stereocenters. The predicted molar refractivity (Wildman–Crippen MR) is 135 cm³/mol. The lowest BCUT2D eigenvalue weighted by Gasteiger charge is -2.18. The molecule has 1 unspecified atom stereocenters. The maximum atomic E-state index is 12.6. The van der Waals surface area contributed by atoms with Gasteiger partial charge in [0.25, 0.3) is 5.91 Å². The Kier molecular flexibility index (Phi) is 7.71. The van der Waals surface area contributed by atoms with Crippen LogP contribution in [0.1, 0.15) is 40.0 Å². The molecule has 12 heteroatoms. The monoisotopic (exact) mass is 539 g/mol. The van der Waals surface area contributed by atoms with Crippen LogP contribution < -0.4 is 15.8 Å². The van der Waals surface area contributed by atoms with Crippen molar-refractivity contribution in [3.63, 3.8) is 0 Å². The van der Waals surface area contributed by atoms with Crippen molar-refractivity contribution in [3.8, 4) is 5.75 Å². The number of benzene rings is 1. The molecule has 0 aliphatic heterocycles. The van der Waals surface area contributed by atoms with Gasteiger partial charge in [0.2, 0.25) is 5.91 Å². The number of ether oxygens (including phenoxy) is 1. The molecule has 2 heterocycles. The average molecular weight is 540 g/mol. The van der Waals surface area contributed by atoms with E-state index in [0.717, 1.165) is 29.7 Å². The van der Waals surface area contributed by atoms with Crippen LogP contribution >= 0.6 is 46.3 Å². The molecule has 1 aromatic carbocycles. The number of carbonyl (C=O) groups is 2. The molecule has 0 fully saturated rings. The van der Waals surface area contributed by atoms with Crippen molar-refractivity contribution < 1.29 is 14.3 Å². The quantitative estimate of drug-likeness (QED) is 0.400. The van der Waals surface area contributed by atoms with Crippen LogP contribution in [0.15, 0.2) is 23.4 Å². The second-order valence-electron chi connectivity index (χ2n) is 8.08. The number of carbonyl (C=O) groups excluding carboxylic acids is 2. The van der Waals surface area contributed by atoms with Crippen LogP contribution in [-0.4, -0.2) is 32.3 Å². The molecule has 0 radical (unpaired) electrons. The first-order chi connectivity index (χ1) is 16.2. The van der Waals surface area contributed by atoms with Gasteiger partial charge in [-0.25, -0.2) is 0 Å². The molecule has 180 valence electrons. The van der Waals surface area contributed by atoms with E-state index in [2.05, 4.69) is 22.4 Å². The lowest BCUT2D eigenvalue weighted by Crippen LogP contribution is -2.20. The molecule has 2 aromatic heterocycles. The summed E-state index contributed by atoms with van der Waals surface area (Å²) < 4.78 is 7.47. The van der Waals surface area contributed by atoms with E-state index in [9.17, 15) is 9.59 Å². The zero-order valence-corrected chi connectivity index (χ0v) is 21.7. The first kappa shape index (κ1) is 24.8. The van der Waals surface area contributed by atoms with Crippen molar-refractivity contribution in [2.24, 2.45) is 18.7 Å². The summed E-state index contributed by atoms with van der Waals surface area (Å²) in [5.41, 5.74) is 7.06. The Balaban J connectivity index is 1.37. The van der Waals surface area contributed by atoms with E-state index in [1.165, 1.54) is 23.1 Å². The summed E-state index contributed by atoms with van der Waals surface area (Å²) >= 11 is 14.7. The second-order valence-corrected chi connectivity index (χ2v) is 11.0. The van der Waals surface area contributed by atoms with Crippen molar-refractivity contribution in [3.05, 3.63) is 50.1 Å². The van der Waals surface area contributed by atoms with E-state index >= 15 is 0 Å². The van der Waals surface area contributed by atoms with Crippen molar-refractivity contribution in [1.82, 2.24) is 14.8 Å². The Bertz CT molecular complexity index is 1240. The zero-order valence-electron chi connectivity index (χ0n) is 18.6. The molecule has 0 saturated carbocycles. The number of thiophene rings is 1. The van der Waals surface area contributed by atoms with Crippen LogP contribution in [0.4, 0.5) is 5.00 Å². The molecule has 4 rings (SSSR count). The molecular weight excluding hydrogens is 517 g/mol. The van der Waals surface area contributed by atoms with Gasteiger partial charge in [-0.2, -0.15) is 0 Å². The molecule has 0 bridgehead atoms. The van der Waals surface area contributed by atoms with Gasteiger partial charge in [-0.1, -0.05) is 41.9 Å². The normalized spacial score (nSPS) is 15.1. The topological polar surface area (TPSA) is 112 Å². The molecule has 1 aliphatic carbocycles. The van der Waals surface area contributed by atoms with Crippen LogP contribution in [0.3, 0.4) is 0 Å². The molecular formula is C22H23Cl2N5O3S2. The summed E-state index contributed by atoms with van der Waals surface area (Å²) in [4.78, 5) is 25.9. The van der Waals surface area contributed by atoms with Crippen LogP contribution in [0, 0.1) is 5.92 Å². The number of nitrogens with two attached hydrogens (primary N) is 1. The molecule has 2 amide bonds. The smallest absolute Gasteiger partial charge is 0.251 e. The van der Waals surface area contributed by atoms with E-state index in [1.807, 2.05) is 0 Å². The summed E-state index contributed by atoms with van der Waals surface area (Å²) in [6.07, 6.45) is 2.71. The Morgan fingerprint density at radius 1 is 1.35 bits per heavy atom. The highest BCUT2D eigenvalue weighted by Gasteiger charge is 2.27. The number of anilines is 1. The summed E-state index contributed by atoms with van der Waals surface area (Å²) in [6, 6.07) is 4.97. The Morgan fingerprint density at radius 2 is 2.15 bits per heavy atom. The van der Waals surface area contributed by atoms with E-state index in [-0.39, 0.29) is 18.3 Å². The number of nitrogens with one attached hydrogen (secondary N) is 1. The second kappa shape index (κ2) is 10.6. The summed E-state index contributed by atoms with van der Waals surface area (Å²) in [6.45, 7) is 2.34. The molecule has 3 N–H and O–H groups in total. The van der Waals surface area contributed by atoms with Crippen molar-refractivity contribution in [2.75, 3.05) is 11.1 Å². The number of nitrogens with zero attached hydrogens (tertiary/aromatic N) is 3. The standard InChI is InChI=1S/C22H23Cl2N5O3S2/c1-11-3-5-13-16(7-11)34-21(19(13)20(25)31)26-18(30)10-33-22-28-27-17(29(22)2)9-32-15-6-4-12(23)8-14(15)24/h4,6,8,11H,3,5,7,9-10H2,1-2H3,(H2,25,31)(H,26,30). The van der Waals surface area contributed by atoms with E-state index < -0.39 is 5.91 Å². The number of halogens is 2. The molecule has 8 nitrogen and oxygen atoms in total. The minimum atomic E-state index is -0.506. The number of hydrogen-bond acceptors (Lipinski definition) is 7. The largest absolute Gasteiger partial charge is 0.484 e. The fourth-order valence-electron chi connectivity index (χ4n) is 3.72. The third kappa shape index (κ3) is 5.51. The van der Waals surface area contributed by atoms with E-state index in [1.54, 1.807) is 29.8 Å². The highest BCUT2D eigenvalue weighted by atomic mass is 35.5. The number of amides is 2. The van der Waals surface area contributed by atoms with Gasteiger partial charge in [-0.15, -0.1) is 21.5 Å². The molecule has 1 aliphatic rings. The summed E-state index contributed by atoms with van der Waals surface area (Å²) in [5.74, 6) is 0.968. The Labute approximate surface area is 215 Å². The first-order valence-corrected chi connectivity index (χ1v) is 13.1. The minimum Gasteiger partial charge on any atom is -0.484 e. The van der Waals surface area contributed by atoms with Crippen LogP contribution in [-0.2, 0) is 31.3 Å².